The molecule has 2 aromatic carbocycles. The summed E-state index contributed by atoms with van der Waals surface area (Å²) in [5, 5.41) is 5.45. The lowest BCUT2D eigenvalue weighted by Crippen LogP contribution is -2.40. The number of allylic oxidation sites excluding steroid dienone is 2. The second-order valence-corrected chi connectivity index (χ2v) is 8.70. The molecule has 2 saturated carbocycles. The van der Waals surface area contributed by atoms with Gasteiger partial charge in [0.15, 0.2) is 0 Å². The van der Waals surface area contributed by atoms with E-state index >= 15 is 0 Å². The zero-order chi connectivity index (χ0) is 20.2. The molecule has 7 rings (SSSR count). The third kappa shape index (κ3) is 2.65. The highest BCUT2D eigenvalue weighted by atomic mass is 16.5. The maximum Gasteiger partial charge on any atom is 0.254 e. The van der Waals surface area contributed by atoms with E-state index in [1.54, 1.807) is 6.21 Å². The van der Waals surface area contributed by atoms with E-state index < -0.39 is 0 Å². The van der Waals surface area contributed by atoms with Crippen molar-refractivity contribution >= 4 is 18.0 Å². The molecule has 0 radical (unpaired) electrons. The third-order valence-corrected chi connectivity index (χ3v) is 7.11. The summed E-state index contributed by atoms with van der Waals surface area (Å²) in [6.45, 7) is 0.440. The minimum Gasteiger partial charge on any atom is -0.488 e. The van der Waals surface area contributed by atoms with Crippen LogP contribution in [0.4, 0.5) is 0 Å². The number of benzene rings is 2. The minimum absolute atomic E-state index is 0.145. The maximum atomic E-state index is 13.0. The van der Waals surface area contributed by atoms with Gasteiger partial charge in [-0.1, -0.05) is 54.6 Å². The topological polar surface area (TPSA) is 59.0 Å². The molecule has 4 aliphatic carbocycles. The predicted molar refractivity (Wildman–Crippen MR) is 111 cm³/mol. The molecule has 1 heterocycles. The fraction of sp³-hybridized carbons (Fsp3) is 0.320. The Morgan fingerprint density at radius 1 is 0.900 bits per heavy atom. The number of hydrogen-bond donors (Lipinski definition) is 0. The molecule has 5 nitrogen and oxygen atoms in total. The molecule has 0 unspecified atom stereocenters. The van der Waals surface area contributed by atoms with E-state index in [9.17, 15) is 9.59 Å². The van der Waals surface area contributed by atoms with Crippen molar-refractivity contribution < 1.29 is 14.3 Å². The van der Waals surface area contributed by atoms with E-state index in [4.69, 9.17) is 4.74 Å². The van der Waals surface area contributed by atoms with Gasteiger partial charge in [0, 0.05) is 5.56 Å². The zero-order valence-corrected chi connectivity index (χ0v) is 16.4. The molecular weight excluding hydrogens is 376 g/mol. The van der Waals surface area contributed by atoms with Gasteiger partial charge in [-0.2, -0.15) is 10.1 Å². The molecule has 0 spiro atoms. The molecule has 0 aromatic heterocycles. The Balaban J connectivity index is 1.22. The summed E-state index contributed by atoms with van der Waals surface area (Å²) in [5.41, 5.74) is 1.81. The highest BCUT2D eigenvalue weighted by Crippen LogP contribution is 2.65. The number of nitrogens with zero attached hydrogens (tertiary/aromatic N) is 2. The van der Waals surface area contributed by atoms with Crippen LogP contribution in [0.3, 0.4) is 0 Å². The first kappa shape index (κ1) is 17.6. The van der Waals surface area contributed by atoms with Crippen LogP contribution in [-0.2, 0) is 16.2 Å². The summed E-state index contributed by atoms with van der Waals surface area (Å²) in [7, 11) is 0. The van der Waals surface area contributed by atoms with Crippen LogP contribution >= 0.6 is 0 Å². The molecule has 30 heavy (non-hydrogen) atoms. The number of hydrogen-bond acceptors (Lipinski definition) is 4. The highest BCUT2D eigenvalue weighted by Gasteiger charge is 2.67. The molecule has 5 heteroatoms. The normalized spacial score (nSPS) is 33.1. The summed E-state index contributed by atoms with van der Waals surface area (Å²) < 4.78 is 5.96. The molecule has 2 bridgehead atoms. The molecule has 0 N–H and O–H groups in total. The number of para-hydroxylation sites is 1. The van der Waals surface area contributed by atoms with Gasteiger partial charge in [0.25, 0.3) is 11.8 Å². The van der Waals surface area contributed by atoms with Gasteiger partial charge in [0.05, 0.1) is 18.1 Å². The minimum atomic E-state index is -0.224. The first-order valence-electron chi connectivity index (χ1n) is 10.6. The first-order valence-corrected chi connectivity index (χ1v) is 10.6. The first-order chi connectivity index (χ1) is 14.7. The Bertz CT molecular complexity index is 1040. The second kappa shape index (κ2) is 6.66. The van der Waals surface area contributed by atoms with Gasteiger partial charge >= 0.3 is 0 Å². The molecular formula is C25H22N2O3. The summed E-state index contributed by atoms with van der Waals surface area (Å²) in [4.78, 5) is 26.1. The van der Waals surface area contributed by atoms with E-state index in [1.807, 2.05) is 54.6 Å². The standard InChI is InChI=1S/C25H22N2O3/c28-24-22-17-10-11-18(20-12-19(17)20)23(22)25(29)27(24)26-13-16-8-4-5-9-21(16)30-14-15-6-2-1-3-7-15/h1-11,13,17-20,22-23H,12,14H2/b26-13-/t17-,18-,19-,20-,22-,23+/m0/s1. The fourth-order valence-corrected chi connectivity index (χ4v) is 5.63. The van der Waals surface area contributed by atoms with Gasteiger partial charge in [-0.05, 0) is 47.8 Å². The number of carbonyl (C=O) groups is 2. The van der Waals surface area contributed by atoms with E-state index in [0.717, 1.165) is 22.6 Å². The maximum absolute atomic E-state index is 13.0. The lowest BCUT2D eigenvalue weighted by atomic mass is 9.63. The van der Waals surface area contributed by atoms with Crippen LogP contribution < -0.4 is 4.74 Å². The van der Waals surface area contributed by atoms with Crippen LogP contribution in [0.5, 0.6) is 5.75 Å². The lowest BCUT2D eigenvalue weighted by molar-refractivity contribution is -0.140. The quantitative estimate of drug-likeness (QED) is 0.439. The van der Waals surface area contributed by atoms with Gasteiger partial charge in [0.2, 0.25) is 0 Å². The number of hydrazone groups is 1. The Morgan fingerprint density at radius 3 is 2.23 bits per heavy atom. The largest absolute Gasteiger partial charge is 0.488 e. The molecule has 6 atom stereocenters. The number of ether oxygens (including phenoxy) is 1. The monoisotopic (exact) mass is 398 g/mol. The number of rotatable bonds is 5. The molecule has 1 aliphatic heterocycles. The summed E-state index contributed by atoms with van der Waals surface area (Å²) >= 11 is 0. The van der Waals surface area contributed by atoms with Crippen molar-refractivity contribution in [2.45, 2.75) is 13.0 Å². The number of amides is 2. The highest BCUT2D eigenvalue weighted by molar-refractivity contribution is 6.06. The SMILES string of the molecule is O=C1[C@@H]2[C@H]3C=C[C@@H]([C@@H]4C[C@@H]34)[C@@H]2C(=O)N1/N=C\c1ccccc1OCc1ccccc1. The average Bonchev–Trinajstić information content (AvgIpc) is 3.57. The smallest absolute Gasteiger partial charge is 0.254 e. The van der Waals surface area contributed by atoms with Gasteiger partial charge in [0.1, 0.15) is 12.4 Å². The molecule has 5 aliphatic rings. The van der Waals surface area contributed by atoms with E-state index in [0.29, 0.717) is 24.2 Å². The van der Waals surface area contributed by atoms with Crippen molar-refractivity contribution in [3.63, 3.8) is 0 Å². The Kier molecular flexibility index (Phi) is 3.91. The molecule has 2 amide bonds. The van der Waals surface area contributed by atoms with Crippen molar-refractivity contribution in [2.24, 2.45) is 40.6 Å². The summed E-state index contributed by atoms with van der Waals surface area (Å²) in [6.07, 6.45) is 7.07. The van der Waals surface area contributed by atoms with Crippen molar-refractivity contribution in [1.82, 2.24) is 5.01 Å². The predicted octanol–water partition coefficient (Wildman–Crippen LogP) is 3.65. The van der Waals surface area contributed by atoms with Crippen LogP contribution in [0.1, 0.15) is 17.5 Å². The van der Waals surface area contributed by atoms with E-state index in [1.165, 1.54) is 0 Å². The molecule has 3 fully saturated rings. The number of imide groups is 1. The Labute approximate surface area is 175 Å². The van der Waals surface area contributed by atoms with Gasteiger partial charge in [-0.3, -0.25) is 9.59 Å². The van der Waals surface area contributed by atoms with E-state index in [-0.39, 0.29) is 35.5 Å². The van der Waals surface area contributed by atoms with Crippen molar-refractivity contribution in [3.05, 3.63) is 77.9 Å². The van der Waals surface area contributed by atoms with Crippen molar-refractivity contribution in [3.8, 4) is 5.75 Å². The summed E-state index contributed by atoms with van der Waals surface area (Å²) in [5.74, 6) is 1.54. The van der Waals surface area contributed by atoms with E-state index in [2.05, 4.69) is 17.3 Å². The van der Waals surface area contributed by atoms with Crippen LogP contribution in [0.2, 0.25) is 0 Å². The molecule has 2 aromatic rings. The van der Waals surface area contributed by atoms with Crippen LogP contribution in [-0.4, -0.2) is 23.0 Å². The van der Waals surface area contributed by atoms with Gasteiger partial charge < -0.3 is 4.74 Å². The molecule has 150 valence electrons. The Hall–Kier alpha value is -3.21. The fourth-order valence-electron chi connectivity index (χ4n) is 5.63. The third-order valence-electron chi connectivity index (χ3n) is 7.11. The van der Waals surface area contributed by atoms with Crippen LogP contribution in [0.15, 0.2) is 71.9 Å². The average molecular weight is 398 g/mol. The van der Waals surface area contributed by atoms with Gasteiger partial charge in [-0.15, -0.1) is 0 Å². The second-order valence-electron chi connectivity index (χ2n) is 8.70. The number of carbonyl (C=O) groups excluding carboxylic acids is 2. The van der Waals surface area contributed by atoms with Gasteiger partial charge in [-0.25, -0.2) is 0 Å². The lowest BCUT2D eigenvalue weighted by Gasteiger charge is -2.37. The van der Waals surface area contributed by atoms with Crippen LogP contribution in [0.25, 0.3) is 0 Å². The van der Waals surface area contributed by atoms with Crippen molar-refractivity contribution in [1.29, 1.82) is 0 Å². The van der Waals surface area contributed by atoms with Crippen molar-refractivity contribution in [2.75, 3.05) is 0 Å². The Morgan fingerprint density at radius 2 is 1.53 bits per heavy atom. The zero-order valence-electron chi connectivity index (χ0n) is 16.4. The molecule has 1 saturated heterocycles. The summed E-state index contributed by atoms with van der Waals surface area (Å²) in [6, 6.07) is 17.5. The van der Waals surface area contributed by atoms with Crippen LogP contribution in [0, 0.1) is 35.5 Å².